The average Bonchev–Trinajstić information content (AvgIpc) is 2.84. The van der Waals surface area contributed by atoms with Gasteiger partial charge in [0.25, 0.3) is 5.69 Å². The van der Waals surface area contributed by atoms with E-state index in [1.54, 1.807) is 12.1 Å². The summed E-state index contributed by atoms with van der Waals surface area (Å²) in [5, 5.41) is 15.0. The van der Waals surface area contributed by atoms with Gasteiger partial charge in [0, 0.05) is 30.0 Å². The number of nitro groups is 1. The monoisotopic (exact) mass is 266 g/mol. The van der Waals surface area contributed by atoms with Gasteiger partial charge in [-0.05, 0) is 31.1 Å². The van der Waals surface area contributed by atoms with Crippen LogP contribution in [0.2, 0.25) is 0 Å². The van der Waals surface area contributed by atoms with E-state index in [9.17, 15) is 10.1 Å². The first-order valence-electron chi connectivity index (χ1n) is 6.23. The van der Waals surface area contributed by atoms with Gasteiger partial charge in [-0.1, -0.05) is 12.1 Å². The van der Waals surface area contributed by atoms with Crippen LogP contribution in [0.15, 0.2) is 18.2 Å². The number of nitrogens with one attached hydrogen (secondary N) is 1. The molecule has 1 aromatic carbocycles. The summed E-state index contributed by atoms with van der Waals surface area (Å²) >= 11 is 2.02. The largest absolute Gasteiger partial charge is 0.312 e. The Bertz CT molecular complexity index is 431. The van der Waals surface area contributed by atoms with Crippen molar-refractivity contribution < 1.29 is 4.92 Å². The number of nitro benzene ring substituents is 1. The molecule has 0 amide bonds. The Morgan fingerprint density at radius 1 is 1.56 bits per heavy atom. The molecule has 0 aromatic heterocycles. The van der Waals surface area contributed by atoms with Crippen LogP contribution in [0.4, 0.5) is 5.69 Å². The summed E-state index contributed by atoms with van der Waals surface area (Å²) in [6, 6.07) is 5.27. The first kappa shape index (κ1) is 13.4. The fourth-order valence-corrected chi connectivity index (χ4v) is 3.47. The highest BCUT2D eigenvalue weighted by Crippen LogP contribution is 2.25. The second kappa shape index (κ2) is 6.20. The molecule has 1 N–H and O–H groups in total. The number of thioether (sulfide) groups is 1. The lowest BCUT2D eigenvalue weighted by Crippen LogP contribution is -2.23. The Morgan fingerprint density at radius 3 is 3.06 bits per heavy atom. The van der Waals surface area contributed by atoms with Crippen molar-refractivity contribution >= 4 is 17.4 Å². The molecule has 1 aliphatic heterocycles. The highest BCUT2D eigenvalue weighted by molar-refractivity contribution is 8.00. The maximum Gasteiger partial charge on any atom is 0.272 e. The first-order chi connectivity index (χ1) is 8.68. The second-order valence-electron chi connectivity index (χ2n) is 4.58. The molecule has 1 aliphatic rings. The highest BCUT2D eigenvalue weighted by atomic mass is 32.2. The average molecular weight is 266 g/mol. The Hall–Kier alpha value is -1.07. The highest BCUT2D eigenvalue weighted by Gasteiger charge is 2.16. The van der Waals surface area contributed by atoms with Crippen LogP contribution in [0.25, 0.3) is 0 Å². The molecule has 1 aromatic rings. The van der Waals surface area contributed by atoms with Gasteiger partial charge in [-0.15, -0.1) is 0 Å². The fourth-order valence-electron chi connectivity index (χ4n) is 2.23. The Kier molecular flexibility index (Phi) is 4.60. The van der Waals surface area contributed by atoms with Crippen LogP contribution in [0.3, 0.4) is 0 Å². The number of nitrogens with zero attached hydrogens (tertiary/aromatic N) is 1. The summed E-state index contributed by atoms with van der Waals surface area (Å²) in [6.07, 6.45) is 2.60. The van der Waals surface area contributed by atoms with Gasteiger partial charge in [0.15, 0.2) is 0 Å². The van der Waals surface area contributed by atoms with Crippen LogP contribution in [-0.4, -0.2) is 22.5 Å². The fraction of sp³-hybridized carbons (Fsp3) is 0.538. The van der Waals surface area contributed by atoms with Gasteiger partial charge in [0.1, 0.15) is 0 Å². The van der Waals surface area contributed by atoms with Crippen LogP contribution < -0.4 is 5.32 Å². The lowest BCUT2D eigenvalue weighted by atomic mass is 10.1. The zero-order valence-electron chi connectivity index (χ0n) is 10.5. The van der Waals surface area contributed by atoms with Crippen LogP contribution >= 0.6 is 11.8 Å². The summed E-state index contributed by atoms with van der Waals surface area (Å²) in [5.41, 5.74) is 2.01. The summed E-state index contributed by atoms with van der Waals surface area (Å²) in [4.78, 5) is 10.5. The molecule has 1 saturated heterocycles. The van der Waals surface area contributed by atoms with Crippen molar-refractivity contribution in [1.29, 1.82) is 0 Å². The maximum atomic E-state index is 10.8. The van der Waals surface area contributed by atoms with Crippen molar-refractivity contribution in [3.63, 3.8) is 0 Å². The number of rotatable bonds is 5. The number of hydrogen-bond acceptors (Lipinski definition) is 4. The molecule has 98 valence electrons. The van der Waals surface area contributed by atoms with E-state index in [0.29, 0.717) is 11.8 Å². The number of benzene rings is 1. The van der Waals surface area contributed by atoms with Gasteiger partial charge >= 0.3 is 0 Å². The molecule has 18 heavy (non-hydrogen) atoms. The summed E-state index contributed by atoms with van der Waals surface area (Å²) < 4.78 is 0. The van der Waals surface area contributed by atoms with Crippen molar-refractivity contribution in [3.8, 4) is 0 Å². The maximum absolute atomic E-state index is 10.8. The van der Waals surface area contributed by atoms with Gasteiger partial charge in [-0.2, -0.15) is 11.8 Å². The second-order valence-corrected chi connectivity index (χ2v) is 5.99. The predicted molar refractivity (Wildman–Crippen MR) is 75.0 cm³/mol. The van der Waals surface area contributed by atoms with E-state index < -0.39 is 0 Å². The minimum absolute atomic E-state index is 0.213. The summed E-state index contributed by atoms with van der Waals surface area (Å²) in [5.74, 6) is 1.27. The van der Waals surface area contributed by atoms with Crippen LogP contribution in [0.1, 0.15) is 24.0 Å². The van der Waals surface area contributed by atoms with Crippen molar-refractivity contribution in [2.45, 2.75) is 31.6 Å². The van der Waals surface area contributed by atoms with Crippen molar-refractivity contribution in [2.75, 3.05) is 12.3 Å². The lowest BCUT2D eigenvalue weighted by molar-refractivity contribution is -0.385. The van der Waals surface area contributed by atoms with Crippen molar-refractivity contribution in [1.82, 2.24) is 5.32 Å². The quantitative estimate of drug-likeness (QED) is 0.657. The van der Waals surface area contributed by atoms with Gasteiger partial charge in [-0.25, -0.2) is 0 Å². The van der Waals surface area contributed by atoms with E-state index in [0.717, 1.165) is 17.7 Å². The molecule has 0 aliphatic carbocycles. The molecule has 2 rings (SSSR count). The molecular weight excluding hydrogens is 248 g/mol. The van der Waals surface area contributed by atoms with Gasteiger partial charge in [0.05, 0.1) is 4.92 Å². The predicted octanol–water partition coefficient (Wildman–Crippen LogP) is 2.89. The molecule has 5 heteroatoms. The molecule has 1 fully saturated rings. The smallest absolute Gasteiger partial charge is 0.272 e. The van der Waals surface area contributed by atoms with E-state index in [1.807, 2.05) is 24.8 Å². The Balaban J connectivity index is 1.92. The SMILES string of the molecule is Cc1c(CNCC2CCCS2)cccc1[N+](=O)[O-]. The van der Waals surface area contributed by atoms with E-state index in [2.05, 4.69) is 5.32 Å². The van der Waals surface area contributed by atoms with E-state index in [4.69, 9.17) is 0 Å². The van der Waals surface area contributed by atoms with Gasteiger partial charge in [-0.3, -0.25) is 10.1 Å². The van der Waals surface area contributed by atoms with Crippen LogP contribution in [0.5, 0.6) is 0 Å². The van der Waals surface area contributed by atoms with Crippen molar-refractivity contribution in [2.24, 2.45) is 0 Å². The lowest BCUT2D eigenvalue weighted by Gasteiger charge is -2.11. The van der Waals surface area contributed by atoms with Crippen molar-refractivity contribution in [3.05, 3.63) is 39.4 Å². The van der Waals surface area contributed by atoms with Gasteiger partial charge in [0.2, 0.25) is 0 Å². The molecule has 4 nitrogen and oxygen atoms in total. The minimum Gasteiger partial charge on any atom is -0.312 e. The van der Waals surface area contributed by atoms with E-state index in [1.165, 1.54) is 18.6 Å². The van der Waals surface area contributed by atoms with Gasteiger partial charge < -0.3 is 5.32 Å². The van der Waals surface area contributed by atoms with E-state index in [-0.39, 0.29) is 10.6 Å². The Morgan fingerprint density at radius 2 is 2.39 bits per heavy atom. The zero-order valence-corrected chi connectivity index (χ0v) is 11.3. The third-order valence-corrected chi connectivity index (χ3v) is 4.72. The molecule has 0 bridgehead atoms. The molecule has 0 saturated carbocycles. The normalized spacial score (nSPS) is 19.1. The first-order valence-corrected chi connectivity index (χ1v) is 7.28. The Labute approximate surface area is 111 Å². The summed E-state index contributed by atoms with van der Waals surface area (Å²) in [7, 11) is 0. The molecule has 1 unspecified atom stereocenters. The summed E-state index contributed by atoms with van der Waals surface area (Å²) in [6.45, 7) is 3.52. The molecule has 0 radical (unpaired) electrons. The minimum atomic E-state index is -0.314. The molecule has 0 spiro atoms. The topological polar surface area (TPSA) is 55.2 Å². The molecule has 1 heterocycles. The molecule has 1 atom stereocenters. The van der Waals surface area contributed by atoms with Crippen LogP contribution in [0, 0.1) is 17.0 Å². The van der Waals surface area contributed by atoms with E-state index >= 15 is 0 Å². The zero-order chi connectivity index (χ0) is 13.0. The third-order valence-electron chi connectivity index (χ3n) is 3.33. The van der Waals surface area contributed by atoms with Crippen LogP contribution in [-0.2, 0) is 6.54 Å². The standard InChI is InChI=1S/C13H18N2O2S/c1-10-11(4-2-6-13(10)15(16)17)8-14-9-12-5-3-7-18-12/h2,4,6,12,14H,3,5,7-9H2,1H3. The molecular formula is C13H18N2O2S. The third kappa shape index (κ3) is 3.23. The number of hydrogen-bond donors (Lipinski definition) is 1.